The zero-order chi connectivity index (χ0) is 19.3. The van der Waals surface area contributed by atoms with Crippen molar-refractivity contribution in [2.24, 2.45) is 0 Å². The molecule has 3 heterocycles. The SMILES string of the molecule is Cc1ccc(-c2nc(CC(=O)NCc3ccccc3Cn3ccnc3)cs2)o1. The van der Waals surface area contributed by atoms with Crippen molar-refractivity contribution in [2.45, 2.75) is 26.4 Å². The van der Waals surface area contributed by atoms with E-state index in [0.29, 0.717) is 6.54 Å². The van der Waals surface area contributed by atoms with Gasteiger partial charge in [-0.15, -0.1) is 11.3 Å². The number of hydrogen-bond donors (Lipinski definition) is 1. The summed E-state index contributed by atoms with van der Waals surface area (Å²) in [7, 11) is 0. The molecule has 0 spiro atoms. The largest absolute Gasteiger partial charge is 0.459 e. The van der Waals surface area contributed by atoms with Crippen molar-refractivity contribution < 1.29 is 9.21 Å². The van der Waals surface area contributed by atoms with Crippen LogP contribution in [0.1, 0.15) is 22.6 Å². The lowest BCUT2D eigenvalue weighted by atomic mass is 10.1. The maximum Gasteiger partial charge on any atom is 0.226 e. The quantitative estimate of drug-likeness (QED) is 0.519. The molecule has 0 saturated carbocycles. The van der Waals surface area contributed by atoms with Crippen LogP contribution in [0.25, 0.3) is 10.8 Å². The summed E-state index contributed by atoms with van der Waals surface area (Å²) in [5, 5.41) is 5.69. The van der Waals surface area contributed by atoms with Crippen molar-refractivity contribution in [3.05, 3.63) is 83.1 Å². The van der Waals surface area contributed by atoms with Crippen molar-refractivity contribution in [3.8, 4) is 10.8 Å². The molecule has 6 nitrogen and oxygen atoms in total. The summed E-state index contributed by atoms with van der Waals surface area (Å²) in [5.41, 5.74) is 3.00. The van der Waals surface area contributed by atoms with E-state index in [9.17, 15) is 4.79 Å². The summed E-state index contributed by atoms with van der Waals surface area (Å²) in [5.74, 6) is 1.53. The highest BCUT2D eigenvalue weighted by molar-refractivity contribution is 7.13. The lowest BCUT2D eigenvalue weighted by molar-refractivity contribution is -0.120. The van der Waals surface area contributed by atoms with Gasteiger partial charge in [0.2, 0.25) is 5.91 Å². The van der Waals surface area contributed by atoms with E-state index in [1.807, 2.05) is 53.4 Å². The Morgan fingerprint density at radius 3 is 2.82 bits per heavy atom. The van der Waals surface area contributed by atoms with Gasteiger partial charge in [0.25, 0.3) is 0 Å². The number of rotatable bonds is 7. The fourth-order valence-electron chi connectivity index (χ4n) is 2.93. The molecule has 0 radical (unpaired) electrons. The Morgan fingerprint density at radius 2 is 2.07 bits per heavy atom. The van der Waals surface area contributed by atoms with Crippen molar-refractivity contribution in [1.29, 1.82) is 0 Å². The van der Waals surface area contributed by atoms with Crippen LogP contribution >= 0.6 is 11.3 Å². The summed E-state index contributed by atoms with van der Waals surface area (Å²) in [6.07, 6.45) is 5.72. The Kier molecular flexibility index (Phi) is 5.34. The molecule has 1 aromatic carbocycles. The fourth-order valence-corrected chi connectivity index (χ4v) is 3.71. The molecule has 28 heavy (non-hydrogen) atoms. The second kappa shape index (κ2) is 8.22. The van der Waals surface area contributed by atoms with Gasteiger partial charge in [-0.3, -0.25) is 4.79 Å². The normalized spacial score (nSPS) is 10.9. The van der Waals surface area contributed by atoms with Crippen LogP contribution in [0.5, 0.6) is 0 Å². The first-order valence-electron chi connectivity index (χ1n) is 8.98. The summed E-state index contributed by atoms with van der Waals surface area (Å²) in [6, 6.07) is 11.9. The van der Waals surface area contributed by atoms with Crippen LogP contribution in [-0.2, 0) is 24.3 Å². The number of aromatic nitrogens is 3. The number of imidazole rings is 1. The van der Waals surface area contributed by atoms with E-state index in [4.69, 9.17) is 4.42 Å². The Morgan fingerprint density at radius 1 is 1.21 bits per heavy atom. The highest BCUT2D eigenvalue weighted by atomic mass is 32.1. The molecule has 0 bridgehead atoms. The van der Waals surface area contributed by atoms with Gasteiger partial charge >= 0.3 is 0 Å². The molecule has 0 atom stereocenters. The van der Waals surface area contributed by atoms with Crippen molar-refractivity contribution in [3.63, 3.8) is 0 Å². The predicted octanol–water partition coefficient (Wildman–Crippen LogP) is 3.82. The first-order chi connectivity index (χ1) is 13.7. The Bertz CT molecular complexity index is 1070. The smallest absolute Gasteiger partial charge is 0.226 e. The van der Waals surface area contributed by atoms with Gasteiger partial charge in [-0.2, -0.15) is 0 Å². The third-order valence-electron chi connectivity index (χ3n) is 4.35. The van der Waals surface area contributed by atoms with Crippen LogP contribution < -0.4 is 5.32 Å². The number of nitrogens with zero attached hydrogens (tertiary/aromatic N) is 3. The number of carbonyl (C=O) groups is 1. The van der Waals surface area contributed by atoms with Crippen LogP contribution in [0, 0.1) is 6.92 Å². The molecule has 4 aromatic rings. The number of aryl methyl sites for hydroxylation is 1. The molecule has 142 valence electrons. The van der Waals surface area contributed by atoms with Crippen molar-refractivity contribution in [2.75, 3.05) is 0 Å². The van der Waals surface area contributed by atoms with Crippen molar-refractivity contribution in [1.82, 2.24) is 19.9 Å². The number of amides is 1. The molecule has 0 unspecified atom stereocenters. The highest BCUT2D eigenvalue weighted by Gasteiger charge is 2.12. The molecule has 0 saturated heterocycles. The standard InChI is InChI=1S/C21H20N4O2S/c1-15-6-7-19(27-15)21-24-18(13-28-21)10-20(26)23-11-16-4-2-3-5-17(16)12-25-9-8-22-14-25/h2-9,13-14H,10-12H2,1H3,(H,23,26). The molecule has 0 aliphatic heterocycles. The fraction of sp³-hybridized carbons (Fsp3) is 0.190. The Labute approximate surface area is 166 Å². The maximum atomic E-state index is 12.4. The van der Waals surface area contributed by atoms with Crippen molar-refractivity contribution >= 4 is 17.2 Å². The number of hydrogen-bond acceptors (Lipinski definition) is 5. The summed E-state index contributed by atoms with van der Waals surface area (Å²) in [6.45, 7) is 3.11. The zero-order valence-corrected chi connectivity index (χ0v) is 16.3. The monoisotopic (exact) mass is 392 g/mol. The van der Waals surface area contributed by atoms with Crippen LogP contribution in [0.4, 0.5) is 0 Å². The highest BCUT2D eigenvalue weighted by Crippen LogP contribution is 2.25. The average molecular weight is 392 g/mol. The van der Waals surface area contributed by atoms with Gasteiger partial charge in [-0.05, 0) is 30.2 Å². The van der Waals surface area contributed by atoms with Gasteiger partial charge in [0.1, 0.15) is 5.76 Å². The minimum Gasteiger partial charge on any atom is -0.459 e. The van der Waals surface area contributed by atoms with Gasteiger partial charge < -0.3 is 14.3 Å². The number of benzene rings is 1. The van der Waals surface area contributed by atoms with Gasteiger partial charge in [0.05, 0.1) is 18.4 Å². The predicted molar refractivity (Wildman–Crippen MR) is 108 cm³/mol. The average Bonchev–Trinajstić information content (AvgIpc) is 3.43. The van der Waals surface area contributed by atoms with E-state index in [-0.39, 0.29) is 12.3 Å². The maximum absolute atomic E-state index is 12.4. The van der Waals surface area contributed by atoms with E-state index < -0.39 is 0 Å². The lowest BCUT2D eigenvalue weighted by Crippen LogP contribution is -2.25. The Balaban J connectivity index is 1.36. The number of nitrogens with one attached hydrogen (secondary N) is 1. The molecule has 3 aromatic heterocycles. The van der Waals surface area contributed by atoms with E-state index in [0.717, 1.165) is 39.9 Å². The van der Waals surface area contributed by atoms with Gasteiger partial charge in [-0.1, -0.05) is 24.3 Å². The first-order valence-corrected chi connectivity index (χ1v) is 9.86. The summed E-state index contributed by atoms with van der Waals surface area (Å²) < 4.78 is 7.60. The zero-order valence-electron chi connectivity index (χ0n) is 15.5. The summed E-state index contributed by atoms with van der Waals surface area (Å²) >= 11 is 1.48. The minimum absolute atomic E-state index is 0.0510. The third kappa shape index (κ3) is 4.37. The molecule has 1 N–H and O–H groups in total. The third-order valence-corrected chi connectivity index (χ3v) is 5.26. The first kappa shape index (κ1) is 18.2. The minimum atomic E-state index is -0.0510. The van der Waals surface area contributed by atoms with Crippen LogP contribution in [0.15, 0.2) is 64.9 Å². The van der Waals surface area contributed by atoms with E-state index in [1.54, 1.807) is 12.5 Å². The second-order valence-corrected chi connectivity index (χ2v) is 7.37. The molecule has 0 fully saturated rings. The number of furan rings is 1. The van der Waals surface area contributed by atoms with E-state index >= 15 is 0 Å². The number of carbonyl (C=O) groups excluding carboxylic acids is 1. The molecule has 0 aliphatic rings. The summed E-state index contributed by atoms with van der Waals surface area (Å²) in [4.78, 5) is 21.0. The van der Waals surface area contributed by atoms with E-state index in [2.05, 4.69) is 21.4 Å². The van der Waals surface area contributed by atoms with Crippen LogP contribution in [-0.4, -0.2) is 20.4 Å². The van der Waals surface area contributed by atoms with Gasteiger partial charge in [-0.25, -0.2) is 9.97 Å². The Hall–Kier alpha value is -3.19. The number of thiazole rings is 1. The lowest BCUT2D eigenvalue weighted by Gasteiger charge is -2.11. The van der Waals surface area contributed by atoms with Crippen LogP contribution in [0.2, 0.25) is 0 Å². The van der Waals surface area contributed by atoms with Gasteiger partial charge in [0, 0.05) is 30.9 Å². The topological polar surface area (TPSA) is 73.0 Å². The molecular weight excluding hydrogens is 372 g/mol. The molecule has 0 aliphatic carbocycles. The molecule has 1 amide bonds. The molecule has 7 heteroatoms. The molecule has 4 rings (SSSR count). The van der Waals surface area contributed by atoms with Gasteiger partial charge in [0.15, 0.2) is 10.8 Å². The van der Waals surface area contributed by atoms with E-state index in [1.165, 1.54) is 11.3 Å². The van der Waals surface area contributed by atoms with Crippen LogP contribution in [0.3, 0.4) is 0 Å². The molecular formula is C21H20N4O2S. The second-order valence-electron chi connectivity index (χ2n) is 6.51.